The monoisotopic (exact) mass is 423 g/mol. The summed E-state index contributed by atoms with van der Waals surface area (Å²) in [6, 6.07) is 11.5. The summed E-state index contributed by atoms with van der Waals surface area (Å²) in [5, 5.41) is 8.14. The highest BCUT2D eigenvalue weighted by molar-refractivity contribution is 5.95. The molecule has 0 bridgehead atoms. The molecule has 3 N–H and O–H groups in total. The molecule has 0 spiro atoms. The third-order valence-corrected chi connectivity index (χ3v) is 5.14. The van der Waals surface area contributed by atoms with Crippen molar-refractivity contribution in [2.24, 2.45) is 0 Å². The van der Waals surface area contributed by atoms with Crippen LogP contribution in [0, 0.1) is 13.8 Å². The first-order valence-corrected chi connectivity index (χ1v) is 9.75. The molecule has 31 heavy (non-hydrogen) atoms. The highest BCUT2D eigenvalue weighted by Gasteiger charge is 2.31. The van der Waals surface area contributed by atoms with Crippen molar-refractivity contribution >= 4 is 23.6 Å². The molecule has 0 aromatic heterocycles. The molecular weight excluding hydrogens is 398 g/mol. The Kier molecular flexibility index (Phi) is 6.59. The second-order valence-corrected chi connectivity index (χ2v) is 7.22. The summed E-state index contributed by atoms with van der Waals surface area (Å²) in [5.74, 6) is -0.311. The van der Waals surface area contributed by atoms with Gasteiger partial charge in [-0.1, -0.05) is 24.3 Å². The second-order valence-electron chi connectivity index (χ2n) is 7.22. The average molecular weight is 423 g/mol. The van der Waals surface area contributed by atoms with Gasteiger partial charge in [-0.05, 0) is 55.7 Å². The summed E-state index contributed by atoms with van der Waals surface area (Å²) in [4.78, 5) is 36.3. The van der Waals surface area contributed by atoms with E-state index in [9.17, 15) is 14.4 Å². The summed E-state index contributed by atoms with van der Waals surface area (Å²) in [6.45, 7) is 5.42. The van der Waals surface area contributed by atoms with Crippen LogP contribution >= 0.6 is 0 Å². The molecule has 8 heteroatoms. The minimum absolute atomic E-state index is 0.150. The molecule has 2 aromatic carbocycles. The van der Waals surface area contributed by atoms with Crippen molar-refractivity contribution in [1.29, 1.82) is 0 Å². The van der Waals surface area contributed by atoms with Crippen LogP contribution in [0.5, 0.6) is 5.75 Å². The van der Waals surface area contributed by atoms with E-state index in [0.717, 1.165) is 16.8 Å². The SMILES string of the molecule is COC(=O)C1=C(C)NC(=O)NC1c1ccc(OCC(=O)Nc2cccc(C)c2C)cc1. The maximum atomic E-state index is 12.2. The molecule has 0 saturated carbocycles. The summed E-state index contributed by atoms with van der Waals surface area (Å²) in [7, 11) is 1.29. The van der Waals surface area contributed by atoms with Gasteiger partial charge in [-0.25, -0.2) is 9.59 Å². The zero-order valence-corrected chi connectivity index (χ0v) is 17.9. The minimum atomic E-state index is -0.650. The van der Waals surface area contributed by atoms with Crippen LogP contribution in [0.3, 0.4) is 0 Å². The van der Waals surface area contributed by atoms with Crippen LogP contribution in [0.1, 0.15) is 29.7 Å². The summed E-state index contributed by atoms with van der Waals surface area (Å²) in [5.41, 5.74) is 4.29. The third kappa shape index (κ3) is 5.03. The number of ether oxygens (including phenoxy) is 2. The van der Waals surface area contributed by atoms with Crippen LogP contribution in [-0.2, 0) is 14.3 Å². The predicted octanol–water partition coefficient (Wildman–Crippen LogP) is 3.12. The number of benzene rings is 2. The first-order chi connectivity index (χ1) is 14.8. The van der Waals surface area contributed by atoms with Crippen molar-refractivity contribution in [3.05, 3.63) is 70.4 Å². The molecule has 3 amide bonds. The third-order valence-electron chi connectivity index (χ3n) is 5.14. The fraction of sp³-hybridized carbons (Fsp3) is 0.261. The smallest absolute Gasteiger partial charge is 0.337 e. The van der Waals surface area contributed by atoms with Gasteiger partial charge >= 0.3 is 12.0 Å². The minimum Gasteiger partial charge on any atom is -0.484 e. The van der Waals surface area contributed by atoms with Gasteiger partial charge in [0.05, 0.1) is 18.7 Å². The van der Waals surface area contributed by atoms with E-state index >= 15 is 0 Å². The zero-order chi connectivity index (χ0) is 22.5. The number of amides is 3. The molecule has 1 aliphatic rings. The number of allylic oxidation sites excluding steroid dienone is 1. The van der Waals surface area contributed by atoms with Crippen molar-refractivity contribution in [2.75, 3.05) is 19.0 Å². The topological polar surface area (TPSA) is 106 Å². The van der Waals surface area contributed by atoms with E-state index in [-0.39, 0.29) is 12.5 Å². The fourth-order valence-corrected chi connectivity index (χ4v) is 3.30. The van der Waals surface area contributed by atoms with Crippen molar-refractivity contribution < 1.29 is 23.9 Å². The Hall–Kier alpha value is -3.81. The second kappa shape index (κ2) is 9.34. The molecule has 0 aliphatic carbocycles. The molecule has 0 fully saturated rings. The van der Waals surface area contributed by atoms with E-state index in [4.69, 9.17) is 9.47 Å². The highest BCUT2D eigenvalue weighted by atomic mass is 16.5. The summed E-state index contributed by atoms with van der Waals surface area (Å²) in [6.07, 6.45) is 0. The molecule has 1 atom stereocenters. The summed E-state index contributed by atoms with van der Waals surface area (Å²) < 4.78 is 10.4. The van der Waals surface area contributed by atoms with Gasteiger partial charge in [0.25, 0.3) is 5.91 Å². The lowest BCUT2D eigenvalue weighted by Gasteiger charge is -2.27. The van der Waals surface area contributed by atoms with Gasteiger partial charge in [0.1, 0.15) is 5.75 Å². The molecule has 0 radical (unpaired) electrons. The molecule has 8 nitrogen and oxygen atoms in total. The zero-order valence-electron chi connectivity index (χ0n) is 17.9. The van der Waals surface area contributed by atoms with Gasteiger partial charge in [0.2, 0.25) is 0 Å². The van der Waals surface area contributed by atoms with Crippen LogP contribution in [0.2, 0.25) is 0 Å². The Morgan fingerprint density at radius 2 is 1.77 bits per heavy atom. The number of hydrogen-bond acceptors (Lipinski definition) is 5. The maximum Gasteiger partial charge on any atom is 0.337 e. The van der Waals surface area contributed by atoms with Gasteiger partial charge in [-0.15, -0.1) is 0 Å². The molecule has 1 aliphatic heterocycles. The maximum absolute atomic E-state index is 12.2. The Bertz CT molecular complexity index is 1040. The van der Waals surface area contributed by atoms with E-state index in [1.165, 1.54) is 7.11 Å². The standard InChI is InChI=1S/C23H25N3O5/c1-13-6-5-7-18(14(13)2)25-19(27)12-31-17-10-8-16(9-11-17)21-20(22(28)30-4)15(3)24-23(29)26-21/h5-11,21H,12H2,1-4H3,(H,25,27)(H2,24,26,29). The lowest BCUT2D eigenvalue weighted by atomic mass is 9.95. The number of esters is 1. The van der Waals surface area contributed by atoms with Gasteiger partial charge in [-0.2, -0.15) is 0 Å². The van der Waals surface area contributed by atoms with Crippen LogP contribution in [0.25, 0.3) is 0 Å². The first-order valence-electron chi connectivity index (χ1n) is 9.75. The Balaban J connectivity index is 1.66. The van der Waals surface area contributed by atoms with Crippen molar-refractivity contribution in [3.63, 3.8) is 0 Å². The number of anilines is 1. The summed E-state index contributed by atoms with van der Waals surface area (Å²) >= 11 is 0. The number of carbonyl (C=O) groups excluding carboxylic acids is 3. The van der Waals surface area contributed by atoms with Crippen LogP contribution in [0.4, 0.5) is 10.5 Å². The van der Waals surface area contributed by atoms with Crippen LogP contribution in [0.15, 0.2) is 53.7 Å². The Morgan fingerprint density at radius 1 is 1.06 bits per heavy atom. The molecule has 1 unspecified atom stereocenters. The number of urea groups is 1. The number of methoxy groups -OCH3 is 1. The van der Waals surface area contributed by atoms with E-state index in [1.807, 2.05) is 32.0 Å². The first kappa shape index (κ1) is 21.9. The van der Waals surface area contributed by atoms with Crippen LogP contribution < -0.4 is 20.7 Å². The fourth-order valence-electron chi connectivity index (χ4n) is 3.30. The Labute approximate surface area is 180 Å². The average Bonchev–Trinajstić information content (AvgIpc) is 2.75. The van der Waals surface area contributed by atoms with E-state index in [0.29, 0.717) is 22.6 Å². The highest BCUT2D eigenvalue weighted by Crippen LogP contribution is 2.28. The number of aryl methyl sites for hydroxylation is 1. The molecule has 162 valence electrons. The molecular formula is C23H25N3O5. The molecule has 3 rings (SSSR count). The quantitative estimate of drug-likeness (QED) is 0.619. The van der Waals surface area contributed by atoms with E-state index in [2.05, 4.69) is 16.0 Å². The largest absolute Gasteiger partial charge is 0.484 e. The van der Waals surface area contributed by atoms with Gasteiger partial charge in [0.15, 0.2) is 6.61 Å². The molecule has 0 saturated heterocycles. The van der Waals surface area contributed by atoms with Crippen molar-refractivity contribution in [1.82, 2.24) is 10.6 Å². The number of nitrogens with one attached hydrogen (secondary N) is 3. The lowest BCUT2D eigenvalue weighted by Crippen LogP contribution is -2.45. The lowest BCUT2D eigenvalue weighted by molar-refractivity contribution is -0.136. The molecule has 1 heterocycles. The van der Waals surface area contributed by atoms with Gasteiger partial charge < -0.3 is 25.4 Å². The molecule has 2 aromatic rings. The van der Waals surface area contributed by atoms with Gasteiger partial charge in [0, 0.05) is 11.4 Å². The van der Waals surface area contributed by atoms with E-state index in [1.54, 1.807) is 31.2 Å². The van der Waals surface area contributed by atoms with Gasteiger partial charge in [-0.3, -0.25) is 4.79 Å². The number of hydrogen-bond donors (Lipinski definition) is 3. The van der Waals surface area contributed by atoms with Crippen molar-refractivity contribution in [3.8, 4) is 5.75 Å². The number of carbonyl (C=O) groups is 3. The van der Waals surface area contributed by atoms with Crippen molar-refractivity contribution in [2.45, 2.75) is 26.8 Å². The number of rotatable bonds is 6. The predicted molar refractivity (Wildman–Crippen MR) is 116 cm³/mol. The van der Waals surface area contributed by atoms with Crippen LogP contribution in [-0.4, -0.2) is 31.6 Å². The Morgan fingerprint density at radius 3 is 2.45 bits per heavy atom. The normalized spacial score (nSPS) is 15.6. The van der Waals surface area contributed by atoms with E-state index < -0.39 is 18.0 Å².